The summed E-state index contributed by atoms with van der Waals surface area (Å²) in [5, 5.41) is 16.3. The Kier molecular flexibility index (Phi) is 15.0. The first-order valence-electron chi connectivity index (χ1n) is 18.0. The summed E-state index contributed by atoms with van der Waals surface area (Å²) < 4.78 is 21.4. The molecule has 3 amide bonds. The van der Waals surface area contributed by atoms with Crippen LogP contribution in [-0.2, 0) is 19.0 Å². The van der Waals surface area contributed by atoms with Crippen LogP contribution in [0.15, 0.2) is 55.1 Å². The highest BCUT2D eigenvalue weighted by molar-refractivity contribution is 6.11. The van der Waals surface area contributed by atoms with E-state index in [4.69, 9.17) is 30.1 Å². The van der Waals surface area contributed by atoms with Gasteiger partial charge in [-0.2, -0.15) is 0 Å². The van der Waals surface area contributed by atoms with E-state index in [1.807, 2.05) is 0 Å². The number of aromatic nitrogens is 1. The molecule has 1 fully saturated rings. The minimum absolute atomic E-state index is 0.0558. The molecule has 1 saturated carbocycles. The van der Waals surface area contributed by atoms with Crippen molar-refractivity contribution in [2.45, 2.75) is 59.2 Å². The van der Waals surface area contributed by atoms with Gasteiger partial charge < -0.3 is 35.3 Å². The predicted molar refractivity (Wildman–Crippen MR) is 206 cm³/mol. The quantitative estimate of drug-likeness (QED) is 0.0350. The van der Waals surface area contributed by atoms with Crippen LogP contribution in [0.25, 0.3) is 17.2 Å². The summed E-state index contributed by atoms with van der Waals surface area (Å²) in [4.78, 5) is 69.5. The van der Waals surface area contributed by atoms with Crippen LogP contribution in [0.3, 0.4) is 0 Å². The van der Waals surface area contributed by atoms with E-state index < -0.39 is 42.1 Å². The van der Waals surface area contributed by atoms with Crippen molar-refractivity contribution in [3.63, 3.8) is 0 Å². The van der Waals surface area contributed by atoms with Crippen LogP contribution in [-0.4, -0.2) is 73.8 Å². The molecule has 0 radical (unpaired) electrons. The van der Waals surface area contributed by atoms with Gasteiger partial charge >= 0.3 is 18.0 Å². The van der Waals surface area contributed by atoms with Gasteiger partial charge in [-0.3, -0.25) is 25.1 Å². The molecule has 0 aliphatic heterocycles. The number of hydrogen-bond donors (Lipinski definition) is 5. The molecule has 1 aromatic heterocycles. The Bertz CT molecular complexity index is 1910. The lowest BCUT2D eigenvalue weighted by atomic mass is 9.94. The fraction of sp³-hybridized carbons (Fsp3) is 0.375. The SMILES string of the molecule is C=Cc1cc(C(=O)Nc2ccc(C(=N)NC(=O)OCCCCCN)cc2)c(-c2ccc(C(=O)NCC3CC3)nc2C(=O)OC(C)OC(=O)C(C)C)cc1OC. The van der Waals surface area contributed by atoms with Crippen LogP contribution in [0.5, 0.6) is 5.75 Å². The smallest absolute Gasteiger partial charge is 0.412 e. The van der Waals surface area contributed by atoms with Crippen molar-refractivity contribution in [3.05, 3.63) is 83.2 Å². The Morgan fingerprint density at radius 2 is 1.69 bits per heavy atom. The number of nitrogens with zero attached hydrogens (tertiary/aromatic N) is 1. The zero-order valence-electron chi connectivity index (χ0n) is 31.5. The number of amides is 3. The van der Waals surface area contributed by atoms with E-state index in [1.165, 1.54) is 38.3 Å². The molecule has 3 aromatic rings. The molecule has 0 bridgehead atoms. The Balaban J connectivity index is 1.64. The highest BCUT2D eigenvalue weighted by Gasteiger charge is 2.28. The lowest BCUT2D eigenvalue weighted by molar-refractivity contribution is -0.169. The second-order valence-corrected chi connectivity index (χ2v) is 13.2. The number of hydrogen-bond acceptors (Lipinski definition) is 12. The van der Waals surface area contributed by atoms with Crippen LogP contribution in [0.4, 0.5) is 10.5 Å². The number of anilines is 1. The molecule has 1 aliphatic carbocycles. The number of nitrogens with one attached hydrogen (secondary N) is 4. The van der Waals surface area contributed by atoms with Gasteiger partial charge in [0.2, 0.25) is 6.29 Å². The number of methoxy groups -OCH3 is 1. The van der Waals surface area contributed by atoms with Gasteiger partial charge in [-0.25, -0.2) is 14.6 Å². The molecular weight excluding hydrogens is 708 g/mol. The fourth-order valence-electron chi connectivity index (χ4n) is 5.20. The van der Waals surface area contributed by atoms with Crippen LogP contribution < -0.4 is 26.4 Å². The van der Waals surface area contributed by atoms with E-state index in [9.17, 15) is 24.0 Å². The number of nitrogens with two attached hydrogens (primary N) is 1. The average Bonchev–Trinajstić information content (AvgIpc) is 4.01. The van der Waals surface area contributed by atoms with Gasteiger partial charge in [0, 0.05) is 47.0 Å². The minimum Gasteiger partial charge on any atom is -0.496 e. The van der Waals surface area contributed by atoms with Crippen molar-refractivity contribution in [2.24, 2.45) is 17.6 Å². The second kappa shape index (κ2) is 19.8. The van der Waals surface area contributed by atoms with Crippen molar-refractivity contribution in [3.8, 4) is 16.9 Å². The number of rotatable bonds is 18. The molecule has 2 aromatic carbocycles. The Morgan fingerprint density at radius 3 is 2.33 bits per heavy atom. The van der Waals surface area contributed by atoms with E-state index in [2.05, 4.69) is 27.5 Å². The van der Waals surface area contributed by atoms with Crippen LogP contribution in [0.2, 0.25) is 0 Å². The zero-order chi connectivity index (χ0) is 40.1. The van der Waals surface area contributed by atoms with E-state index >= 15 is 0 Å². The van der Waals surface area contributed by atoms with Crippen LogP contribution >= 0.6 is 0 Å². The summed E-state index contributed by atoms with van der Waals surface area (Å²) in [5.41, 5.74) is 6.73. The molecule has 15 nitrogen and oxygen atoms in total. The van der Waals surface area contributed by atoms with Crippen molar-refractivity contribution in [2.75, 3.05) is 32.1 Å². The summed E-state index contributed by atoms with van der Waals surface area (Å²) in [6, 6.07) is 12.2. The third-order valence-corrected chi connectivity index (χ3v) is 8.46. The topological polar surface area (TPSA) is 221 Å². The third-order valence-electron chi connectivity index (χ3n) is 8.46. The highest BCUT2D eigenvalue weighted by Crippen LogP contribution is 2.35. The Morgan fingerprint density at radius 1 is 0.964 bits per heavy atom. The van der Waals surface area contributed by atoms with E-state index in [1.54, 1.807) is 44.2 Å². The first-order valence-corrected chi connectivity index (χ1v) is 18.0. The number of carbonyl (C=O) groups is 5. The number of alkyl carbamates (subject to hydrolysis) is 1. The molecule has 4 rings (SSSR count). The van der Waals surface area contributed by atoms with E-state index in [0.29, 0.717) is 48.0 Å². The lowest BCUT2D eigenvalue weighted by Crippen LogP contribution is -2.31. The molecule has 55 heavy (non-hydrogen) atoms. The molecule has 6 N–H and O–H groups in total. The van der Waals surface area contributed by atoms with Gasteiger partial charge in [-0.05, 0) is 93.1 Å². The first kappa shape index (κ1) is 41.7. The lowest BCUT2D eigenvalue weighted by Gasteiger charge is -2.19. The molecule has 15 heteroatoms. The zero-order valence-corrected chi connectivity index (χ0v) is 31.5. The summed E-state index contributed by atoms with van der Waals surface area (Å²) >= 11 is 0. The van der Waals surface area contributed by atoms with Crippen molar-refractivity contribution in [1.29, 1.82) is 5.41 Å². The second-order valence-electron chi connectivity index (χ2n) is 13.2. The number of amidine groups is 1. The van der Waals surface area contributed by atoms with Gasteiger partial charge in [0.05, 0.1) is 19.6 Å². The van der Waals surface area contributed by atoms with E-state index in [0.717, 1.165) is 25.7 Å². The van der Waals surface area contributed by atoms with Crippen molar-refractivity contribution < 1.29 is 42.9 Å². The first-order chi connectivity index (χ1) is 26.3. The normalized spacial score (nSPS) is 12.5. The maximum absolute atomic E-state index is 14.0. The summed E-state index contributed by atoms with van der Waals surface area (Å²) in [7, 11) is 1.44. The molecule has 1 aliphatic rings. The number of pyridine rings is 1. The maximum Gasteiger partial charge on any atom is 0.412 e. The average molecular weight is 757 g/mol. The largest absolute Gasteiger partial charge is 0.496 e. The van der Waals surface area contributed by atoms with Gasteiger partial charge in [0.25, 0.3) is 11.8 Å². The highest BCUT2D eigenvalue weighted by atomic mass is 16.7. The summed E-state index contributed by atoms with van der Waals surface area (Å²) in [6.45, 7) is 9.72. The van der Waals surface area contributed by atoms with Crippen molar-refractivity contribution in [1.82, 2.24) is 15.6 Å². The molecule has 0 saturated heterocycles. The Hall–Kier alpha value is -6.09. The summed E-state index contributed by atoms with van der Waals surface area (Å²) in [5.74, 6) is -2.62. The van der Waals surface area contributed by atoms with Gasteiger partial charge in [-0.1, -0.05) is 26.5 Å². The van der Waals surface area contributed by atoms with Gasteiger partial charge in [0.1, 0.15) is 17.3 Å². The van der Waals surface area contributed by atoms with Crippen molar-refractivity contribution >= 4 is 47.4 Å². The number of carbonyl (C=O) groups excluding carboxylic acids is 5. The number of benzene rings is 2. The predicted octanol–water partition coefficient (Wildman–Crippen LogP) is 5.67. The molecule has 1 unspecified atom stereocenters. The molecular formula is C40H48N6O9. The standard InChI is InChI=1S/C40H48N6O9/c1-6-26-20-31(36(47)44-28-14-12-27(13-15-28)35(42)46-40(51)53-19-9-7-8-18-41)30(21-33(26)52-5)29-16-17-32(37(48)43-22-25-10-11-25)45-34(29)39(50)55-24(4)54-38(49)23(2)3/h6,12-17,20-21,23-25H,1,7-11,18-19,22,41H2,2-5H3,(H,43,48)(H,44,47)(H2,42,46,51). The van der Waals surface area contributed by atoms with Crippen LogP contribution in [0, 0.1) is 17.2 Å². The van der Waals surface area contributed by atoms with E-state index in [-0.39, 0.29) is 40.5 Å². The third kappa shape index (κ3) is 12.0. The monoisotopic (exact) mass is 756 g/mol. The Labute approximate surface area is 319 Å². The minimum atomic E-state index is -1.29. The molecule has 1 atom stereocenters. The molecule has 292 valence electrons. The summed E-state index contributed by atoms with van der Waals surface area (Å²) in [6.07, 6.45) is 3.81. The van der Waals surface area contributed by atoms with Gasteiger partial charge in [0.15, 0.2) is 5.69 Å². The van der Waals surface area contributed by atoms with Gasteiger partial charge in [-0.15, -0.1) is 0 Å². The maximum atomic E-state index is 14.0. The van der Waals surface area contributed by atoms with Crippen LogP contribution in [0.1, 0.15) is 95.3 Å². The molecule has 0 spiro atoms. The molecule has 1 heterocycles. The number of unbranched alkanes of at least 4 members (excludes halogenated alkanes) is 2. The number of ether oxygens (including phenoxy) is 4. The fourth-order valence-corrected chi connectivity index (χ4v) is 5.20. The number of esters is 2.